The first-order valence-corrected chi connectivity index (χ1v) is 9.18. The summed E-state index contributed by atoms with van der Waals surface area (Å²) >= 11 is 0. The van der Waals surface area contributed by atoms with E-state index < -0.39 is 0 Å². The number of piperidine rings is 1. The highest BCUT2D eigenvalue weighted by Gasteiger charge is 2.39. The maximum atomic E-state index is 13.0. The Kier molecular flexibility index (Phi) is 4.95. The third kappa shape index (κ3) is 3.48. The fourth-order valence-corrected chi connectivity index (χ4v) is 3.88. The summed E-state index contributed by atoms with van der Waals surface area (Å²) in [5, 5.41) is 0. The number of carbonyl (C=O) groups excluding carboxylic acids is 1. The molecule has 2 aromatic heterocycles. The quantitative estimate of drug-likeness (QED) is 0.844. The molecule has 4 heterocycles. The Morgan fingerprint density at radius 2 is 2.15 bits per heavy atom. The maximum Gasteiger partial charge on any atom is 0.255 e. The number of ether oxygens (including phenoxy) is 1. The zero-order valence-corrected chi connectivity index (χ0v) is 15.0. The molecule has 2 fully saturated rings. The topological polar surface area (TPSA) is 58.6 Å². The summed E-state index contributed by atoms with van der Waals surface area (Å²) in [7, 11) is 0. The lowest BCUT2D eigenvalue weighted by molar-refractivity contribution is -0.0915. The average molecular weight is 352 g/mol. The Balaban J connectivity index is 1.50. The number of carbonyl (C=O) groups is 1. The van der Waals surface area contributed by atoms with E-state index in [1.807, 2.05) is 29.3 Å². The first kappa shape index (κ1) is 17.1. The van der Waals surface area contributed by atoms with Crippen molar-refractivity contribution in [2.45, 2.75) is 32.0 Å². The Hall–Kier alpha value is -2.31. The molecule has 0 radical (unpaired) electrons. The normalized spacial score (nSPS) is 23.5. The number of rotatable bonds is 3. The predicted molar refractivity (Wildman–Crippen MR) is 97.7 cm³/mol. The van der Waals surface area contributed by atoms with Crippen molar-refractivity contribution in [1.29, 1.82) is 0 Å². The molecular weight excluding hydrogens is 328 g/mol. The van der Waals surface area contributed by atoms with Crippen molar-refractivity contribution in [2.75, 3.05) is 26.2 Å². The highest BCUT2D eigenvalue weighted by molar-refractivity contribution is 5.94. The maximum absolute atomic E-state index is 13.0. The van der Waals surface area contributed by atoms with E-state index >= 15 is 0 Å². The monoisotopic (exact) mass is 352 g/mol. The van der Waals surface area contributed by atoms with E-state index in [-0.39, 0.29) is 18.1 Å². The Bertz CT molecular complexity index is 767. The summed E-state index contributed by atoms with van der Waals surface area (Å²) in [6.07, 6.45) is 6.23. The van der Waals surface area contributed by atoms with Crippen LogP contribution in [-0.4, -0.2) is 64.1 Å². The van der Waals surface area contributed by atoms with E-state index in [0.717, 1.165) is 31.7 Å². The van der Waals surface area contributed by atoms with Crippen molar-refractivity contribution in [3.63, 3.8) is 0 Å². The third-order valence-corrected chi connectivity index (χ3v) is 5.33. The number of pyridine rings is 2. The van der Waals surface area contributed by atoms with Gasteiger partial charge in [0.15, 0.2) is 0 Å². The van der Waals surface area contributed by atoms with Crippen LogP contribution < -0.4 is 0 Å². The molecule has 0 aromatic carbocycles. The number of hydrogen-bond acceptors (Lipinski definition) is 5. The molecule has 26 heavy (non-hydrogen) atoms. The smallest absolute Gasteiger partial charge is 0.255 e. The van der Waals surface area contributed by atoms with Gasteiger partial charge in [0.25, 0.3) is 5.91 Å². The number of likely N-dealkylation sites (tertiary alicyclic amines) is 1. The molecule has 0 saturated carbocycles. The minimum atomic E-state index is 0.0484. The number of hydrogen-bond donors (Lipinski definition) is 0. The molecule has 0 spiro atoms. The second-order valence-electron chi connectivity index (χ2n) is 7.01. The van der Waals surface area contributed by atoms with E-state index in [1.165, 1.54) is 5.56 Å². The summed E-state index contributed by atoms with van der Waals surface area (Å²) in [4.78, 5) is 25.9. The molecule has 2 aliphatic rings. The van der Waals surface area contributed by atoms with Crippen molar-refractivity contribution in [2.24, 2.45) is 0 Å². The van der Waals surface area contributed by atoms with Crippen molar-refractivity contribution < 1.29 is 9.53 Å². The van der Waals surface area contributed by atoms with Crippen LogP contribution in [0.15, 0.2) is 42.9 Å². The lowest BCUT2D eigenvalue weighted by Crippen LogP contribution is -2.61. The van der Waals surface area contributed by atoms with E-state index in [0.29, 0.717) is 18.7 Å². The number of fused-ring (bicyclic) bond motifs is 1. The second-order valence-corrected chi connectivity index (χ2v) is 7.01. The molecule has 136 valence electrons. The molecule has 2 saturated heterocycles. The van der Waals surface area contributed by atoms with Gasteiger partial charge in [-0.15, -0.1) is 0 Å². The standard InChI is InChI=1S/C20H24N4O2/c1-15-4-2-8-22-17(15)13-23-9-6-19-18(14-23)24(10-11-26-19)20(25)16-5-3-7-21-12-16/h2-5,7-8,12,18-19H,6,9-11,13-14H2,1H3/t18-,19-/m0/s1. The molecule has 6 heteroatoms. The Morgan fingerprint density at radius 1 is 1.27 bits per heavy atom. The Labute approximate surface area is 153 Å². The molecule has 0 bridgehead atoms. The molecule has 6 nitrogen and oxygen atoms in total. The fraction of sp³-hybridized carbons (Fsp3) is 0.450. The van der Waals surface area contributed by atoms with Crippen molar-refractivity contribution >= 4 is 5.91 Å². The molecule has 0 aliphatic carbocycles. The zero-order chi connectivity index (χ0) is 17.9. The number of morpholine rings is 1. The van der Waals surface area contributed by atoms with Crippen molar-refractivity contribution in [3.05, 3.63) is 59.7 Å². The molecule has 0 unspecified atom stereocenters. The molecule has 0 N–H and O–H groups in total. The van der Waals surface area contributed by atoms with Gasteiger partial charge in [0.1, 0.15) is 0 Å². The van der Waals surface area contributed by atoms with Gasteiger partial charge in [-0.3, -0.25) is 19.7 Å². The number of amides is 1. The number of nitrogens with zero attached hydrogens (tertiary/aromatic N) is 4. The van der Waals surface area contributed by atoms with E-state index in [9.17, 15) is 4.79 Å². The van der Waals surface area contributed by atoms with Crippen LogP contribution in [0.3, 0.4) is 0 Å². The van der Waals surface area contributed by atoms with E-state index in [1.54, 1.807) is 12.4 Å². The lowest BCUT2D eigenvalue weighted by atomic mass is 9.97. The minimum Gasteiger partial charge on any atom is -0.374 e. The highest BCUT2D eigenvalue weighted by atomic mass is 16.5. The van der Waals surface area contributed by atoms with Crippen LogP contribution in [0.4, 0.5) is 0 Å². The summed E-state index contributed by atoms with van der Waals surface area (Å²) < 4.78 is 5.97. The SMILES string of the molecule is Cc1cccnc1CN1CC[C@@H]2OCCN(C(=O)c3cccnc3)[C@H]2C1. The van der Waals surface area contributed by atoms with Gasteiger partial charge in [0, 0.05) is 44.8 Å². The predicted octanol–water partition coefficient (Wildman–Crippen LogP) is 1.90. The van der Waals surface area contributed by atoms with Crippen LogP contribution in [0, 0.1) is 6.92 Å². The second kappa shape index (κ2) is 7.51. The molecule has 2 aliphatic heterocycles. The van der Waals surface area contributed by atoms with Crippen LogP contribution in [0.2, 0.25) is 0 Å². The third-order valence-electron chi connectivity index (χ3n) is 5.33. The van der Waals surface area contributed by atoms with Crippen LogP contribution in [-0.2, 0) is 11.3 Å². The molecule has 2 atom stereocenters. The van der Waals surface area contributed by atoms with Gasteiger partial charge in [-0.25, -0.2) is 0 Å². The number of aromatic nitrogens is 2. The van der Waals surface area contributed by atoms with Crippen LogP contribution in [0.25, 0.3) is 0 Å². The van der Waals surface area contributed by atoms with Crippen molar-refractivity contribution in [3.8, 4) is 0 Å². The molecule has 1 amide bonds. The summed E-state index contributed by atoms with van der Waals surface area (Å²) in [5.74, 6) is 0.0484. The van der Waals surface area contributed by atoms with Crippen LogP contribution in [0.1, 0.15) is 28.0 Å². The molecular formula is C20H24N4O2. The zero-order valence-electron chi connectivity index (χ0n) is 15.0. The fourth-order valence-electron chi connectivity index (χ4n) is 3.88. The van der Waals surface area contributed by atoms with E-state index in [4.69, 9.17) is 4.74 Å². The summed E-state index contributed by atoms with van der Waals surface area (Å²) in [6.45, 7) is 5.92. The lowest BCUT2D eigenvalue weighted by Gasteiger charge is -2.47. The van der Waals surface area contributed by atoms with Gasteiger partial charge >= 0.3 is 0 Å². The average Bonchev–Trinajstić information content (AvgIpc) is 2.69. The molecule has 2 aromatic rings. The minimum absolute atomic E-state index is 0.0484. The molecule has 4 rings (SSSR count). The van der Waals surface area contributed by atoms with Gasteiger partial charge in [-0.1, -0.05) is 6.07 Å². The first-order chi connectivity index (χ1) is 12.7. The van der Waals surface area contributed by atoms with Gasteiger partial charge in [-0.2, -0.15) is 0 Å². The summed E-state index contributed by atoms with van der Waals surface area (Å²) in [5.41, 5.74) is 2.96. The van der Waals surface area contributed by atoms with Crippen molar-refractivity contribution in [1.82, 2.24) is 19.8 Å². The number of aryl methyl sites for hydroxylation is 1. The van der Waals surface area contributed by atoms with E-state index in [2.05, 4.69) is 27.9 Å². The van der Waals surface area contributed by atoms with Gasteiger partial charge in [0.05, 0.1) is 30.0 Å². The van der Waals surface area contributed by atoms with Gasteiger partial charge in [0.2, 0.25) is 0 Å². The van der Waals surface area contributed by atoms with Gasteiger partial charge < -0.3 is 9.64 Å². The largest absolute Gasteiger partial charge is 0.374 e. The highest BCUT2D eigenvalue weighted by Crippen LogP contribution is 2.25. The first-order valence-electron chi connectivity index (χ1n) is 9.18. The van der Waals surface area contributed by atoms with Crippen LogP contribution >= 0.6 is 0 Å². The van der Waals surface area contributed by atoms with Crippen LogP contribution in [0.5, 0.6) is 0 Å². The Morgan fingerprint density at radius 3 is 2.96 bits per heavy atom. The summed E-state index contributed by atoms with van der Waals surface area (Å²) in [6, 6.07) is 7.78. The van der Waals surface area contributed by atoms with Gasteiger partial charge in [-0.05, 0) is 37.1 Å².